The van der Waals surface area contributed by atoms with Gasteiger partial charge in [-0.3, -0.25) is 4.79 Å². The van der Waals surface area contributed by atoms with E-state index in [0.29, 0.717) is 6.61 Å². The van der Waals surface area contributed by atoms with E-state index in [2.05, 4.69) is 12.1 Å². The van der Waals surface area contributed by atoms with Crippen molar-refractivity contribution in [2.24, 2.45) is 5.92 Å². The topological polar surface area (TPSA) is 26.3 Å². The van der Waals surface area contributed by atoms with Crippen molar-refractivity contribution in [1.82, 2.24) is 0 Å². The highest BCUT2D eigenvalue weighted by Crippen LogP contribution is 2.27. The second kappa shape index (κ2) is 4.47. The maximum atomic E-state index is 11.7. The van der Waals surface area contributed by atoms with Crippen LogP contribution in [0.4, 0.5) is 0 Å². The maximum absolute atomic E-state index is 11.7. The predicted molar refractivity (Wildman–Crippen MR) is 58.6 cm³/mol. The molecule has 1 aromatic rings. The van der Waals surface area contributed by atoms with Gasteiger partial charge in [-0.2, -0.15) is 0 Å². The number of rotatable bonds is 3. The lowest BCUT2D eigenvalue weighted by molar-refractivity contribution is -0.148. The minimum atomic E-state index is -0.0342. The first-order valence-electron chi connectivity index (χ1n) is 5.54. The SMILES string of the molecule is CCCOC(=O)C1Cc2ccccc2C1. The number of hydrogen-bond acceptors (Lipinski definition) is 2. The van der Waals surface area contributed by atoms with Crippen LogP contribution in [0, 0.1) is 5.92 Å². The Balaban J connectivity index is 1.98. The molecule has 0 spiro atoms. The van der Waals surface area contributed by atoms with Gasteiger partial charge in [0.25, 0.3) is 0 Å². The van der Waals surface area contributed by atoms with Crippen molar-refractivity contribution >= 4 is 5.97 Å². The van der Waals surface area contributed by atoms with Gasteiger partial charge in [0.15, 0.2) is 0 Å². The molecule has 0 atom stereocenters. The second-order valence-corrected chi connectivity index (χ2v) is 4.04. The molecule has 0 saturated carbocycles. The highest BCUT2D eigenvalue weighted by atomic mass is 16.5. The van der Waals surface area contributed by atoms with Crippen LogP contribution in [0.25, 0.3) is 0 Å². The van der Waals surface area contributed by atoms with Crippen LogP contribution in [0.15, 0.2) is 24.3 Å². The van der Waals surface area contributed by atoms with Gasteiger partial charge in [0.1, 0.15) is 0 Å². The number of benzene rings is 1. The molecule has 0 aromatic heterocycles. The van der Waals surface area contributed by atoms with Crippen LogP contribution in [0.1, 0.15) is 24.5 Å². The number of ether oxygens (including phenoxy) is 1. The van der Waals surface area contributed by atoms with Crippen LogP contribution in [0.5, 0.6) is 0 Å². The Morgan fingerprint density at radius 3 is 2.47 bits per heavy atom. The van der Waals surface area contributed by atoms with E-state index in [-0.39, 0.29) is 11.9 Å². The van der Waals surface area contributed by atoms with Crippen LogP contribution >= 0.6 is 0 Å². The fourth-order valence-electron chi connectivity index (χ4n) is 2.05. The van der Waals surface area contributed by atoms with Crippen LogP contribution in [-0.2, 0) is 22.4 Å². The molecule has 1 aliphatic carbocycles. The zero-order valence-electron chi connectivity index (χ0n) is 9.03. The van der Waals surface area contributed by atoms with E-state index in [9.17, 15) is 4.79 Å². The molecule has 0 heterocycles. The third-order valence-corrected chi connectivity index (χ3v) is 2.83. The molecule has 0 amide bonds. The highest BCUT2D eigenvalue weighted by Gasteiger charge is 2.27. The normalized spacial score (nSPS) is 15.0. The lowest BCUT2D eigenvalue weighted by atomic mass is 10.1. The van der Waals surface area contributed by atoms with Crippen molar-refractivity contribution in [3.63, 3.8) is 0 Å². The second-order valence-electron chi connectivity index (χ2n) is 4.04. The third kappa shape index (κ3) is 2.20. The molecular formula is C13H16O2. The molecule has 80 valence electrons. The first-order valence-corrected chi connectivity index (χ1v) is 5.54. The zero-order chi connectivity index (χ0) is 10.7. The Hall–Kier alpha value is -1.31. The summed E-state index contributed by atoms with van der Waals surface area (Å²) in [6.45, 7) is 2.56. The van der Waals surface area contributed by atoms with Gasteiger partial charge in [0.2, 0.25) is 0 Å². The monoisotopic (exact) mass is 204 g/mol. The average Bonchev–Trinajstić information content (AvgIpc) is 2.69. The van der Waals surface area contributed by atoms with Crippen molar-refractivity contribution < 1.29 is 9.53 Å². The zero-order valence-corrected chi connectivity index (χ0v) is 9.03. The van der Waals surface area contributed by atoms with Crippen molar-refractivity contribution in [1.29, 1.82) is 0 Å². The molecule has 0 unspecified atom stereocenters. The molecule has 0 aliphatic heterocycles. The lowest BCUT2D eigenvalue weighted by Gasteiger charge is -2.08. The Morgan fingerprint density at radius 1 is 1.33 bits per heavy atom. The van der Waals surface area contributed by atoms with E-state index in [1.165, 1.54) is 11.1 Å². The standard InChI is InChI=1S/C13H16O2/c1-2-7-15-13(14)12-8-10-5-3-4-6-11(10)9-12/h3-6,12H,2,7-9H2,1H3. The average molecular weight is 204 g/mol. The van der Waals surface area contributed by atoms with Crippen LogP contribution in [0.2, 0.25) is 0 Å². The van der Waals surface area contributed by atoms with E-state index in [1.807, 2.05) is 19.1 Å². The van der Waals surface area contributed by atoms with Gasteiger partial charge in [-0.05, 0) is 30.4 Å². The van der Waals surface area contributed by atoms with Gasteiger partial charge in [-0.1, -0.05) is 31.2 Å². The Bertz CT molecular complexity index is 332. The Labute approximate surface area is 90.3 Å². The summed E-state index contributed by atoms with van der Waals surface area (Å²) in [6.07, 6.45) is 2.59. The molecule has 1 aliphatic rings. The molecule has 2 heteroatoms. The van der Waals surface area contributed by atoms with Crippen molar-refractivity contribution in [3.05, 3.63) is 35.4 Å². The number of carbonyl (C=O) groups is 1. The molecule has 1 aromatic carbocycles. The van der Waals surface area contributed by atoms with Gasteiger partial charge < -0.3 is 4.74 Å². The van der Waals surface area contributed by atoms with E-state index in [0.717, 1.165) is 19.3 Å². The molecule has 0 bridgehead atoms. The van der Waals surface area contributed by atoms with Gasteiger partial charge >= 0.3 is 5.97 Å². The number of esters is 1. The van der Waals surface area contributed by atoms with Gasteiger partial charge in [-0.15, -0.1) is 0 Å². The summed E-state index contributed by atoms with van der Waals surface area (Å²) in [5.74, 6) is 0.0157. The first-order chi connectivity index (χ1) is 7.31. The summed E-state index contributed by atoms with van der Waals surface area (Å²) >= 11 is 0. The lowest BCUT2D eigenvalue weighted by Crippen LogP contribution is -2.18. The molecule has 0 radical (unpaired) electrons. The van der Waals surface area contributed by atoms with Crippen LogP contribution < -0.4 is 0 Å². The largest absolute Gasteiger partial charge is 0.465 e. The molecule has 2 rings (SSSR count). The van der Waals surface area contributed by atoms with Gasteiger partial charge in [-0.25, -0.2) is 0 Å². The first kappa shape index (κ1) is 10.2. The van der Waals surface area contributed by atoms with Crippen molar-refractivity contribution in [2.45, 2.75) is 26.2 Å². The number of carbonyl (C=O) groups excluding carboxylic acids is 1. The molecule has 0 N–H and O–H groups in total. The minimum Gasteiger partial charge on any atom is -0.465 e. The van der Waals surface area contributed by atoms with Crippen LogP contribution in [0.3, 0.4) is 0 Å². The summed E-state index contributed by atoms with van der Waals surface area (Å²) in [5.41, 5.74) is 2.60. The van der Waals surface area contributed by atoms with Gasteiger partial charge in [0, 0.05) is 0 Å². The predicted octanol–water partition coefficient (Wildman–Crippen LogP) is 2.35. The van der Waals surface area contributed by atoms with Crippen LogP contribution in [-0.4, -0.2) is 12.6 Å². The van der Waals surface area contributed by atoms with E-state index < -0.39 is 0 Å². The quantitative estimate of drug-likeness (QED) is 0.706. The number of hydrogen-bond donors (Lipinski definition) is 0. The summed E-state index contributed by atoms with van der Waals surface area (Å²) < 4.78 is 5.17. The van der Waals surface area contributed by atoms with Gasteiger partial charge in [0.05, 0.1) is 12.5 Å². The van der Waals surface area contributed by atoms with Crippen molar-refractivity contribution in [2.75, 3.05) is 6.61 Å². The maximum Gasteiger partial charge on any atom is 0.309 e. The van der Waals surface area contributed by atoms with E-state index in [1.54, 1.807) is 0 Å². The van der Waals surface area contributed by atoms with E-state index in [4.69, 9.17) is 4.74 Å². The Kier molecular flexibility index (Phi) is 3.05. The van der Waals surface area contributed by atoms with E-state index >= 15 is 0 Å². The number of fused-ring (bicyclic) bond motifs is 1. The molecule has 2 nitrogen and oxygen atoms in total. The third-order valence-electron chi connectivity index (χ3n) is 2.83. The smallest absolute Gasteiger partial charge is 0.309 e. The molecule has 15 heavy (non-hydrogen) atoms. The molecule has 0 fully saturated rings. The summed E-state index contributed by atoms with van der Waals surface area (Å²) in [5, 5.41) is 0. The summed E-state index contributed by atoms with van der Waals surface area (Å²) in [7, 11) is 0. The minimum absolute atomic E-state index is 0.0342. The van der Waals surface area contributed by atoms with Crippen molar-refractivity contribution in [3.8, 4) is 0 Å². The fraction of sp³-hybridized carbons (Fsp3) is 0.462. The highest BCUT2D eigenvalue weighted by molar-refractivity contribution is 5.74. The molecule has 0 saturated heterocycles. The fourth-order valence-corrected chi connectivity index (χ4v) is 2.05. The molecular weight excluding hydrogens is 188 g/mol. The Morgan fingerprint density at radius 2 is 1.93 bits per heavy atom. The summed E-state index contributed by atoms with van der Waals surface area (Å²) in [4.78, 5) is 11.7. The summed E-state index contributed by atoms with van der Waals surface area (Å²) in [6, 6.07) is 8.25.